The fourth-order valence-corrected chi connectivity index (χ4v) is 4.25. The molecule has 1 amide bonds. The Morgan fingerprint density at radius 1 is 0.963 bits per heavy atom. The molecule has 0 radical (unpaired) electrons. The van der Waals surface area contributed by atoms with Crippen LogP contribution in [-0.2, 0) is 4.74 Å². The van der Waals surface area contributed by atoms with Gasteiger partial charge in [-0.3, -0.25) is 9.69 Å². The summed E-state index contributed by atoms with van der Waals surface area (Å²) in [5, 5.41) is 0. The van der Waals surface area contributed by atoms with Gasteiger partial charge in [-0.2, -0.15) is 0 Å². The van der Waals surface area contributed by atoms with E-state index in [0.717, 1.165) is 43.2 Å². The minimum Gasteiger partial charge on any atom is -0.378 e. The highest BCUT2D eigenvalue weighted by Gasteiger charge is 2.27. The number of ether oxygens (including phenoxy) is 1. The van der Waals surface area contributed by atoms with E-state index in [2.05, 4.69) is 32.4 Å². The number of fused-ring (bicyclic) bond motifs is 1. The molecule has 3 aliphatic rings. The Morgan fingerprint density at radius 2 is 1.70 bits per heavy atom. The highest BCUT2D eigenvalue weighted by atomic mass is 16.5. The summed E-state index contributed by atoms with van der Waals surface area (Å²) in [6, 6.07) is 8.34. The van der Waals surface area contributed by atoms with Crippen molar-refractivity contribution in [1.29, 1.82) is 0 Å². The lowest BCUT2D eigenvalue weighted by Gasteiger charge is -2.36. The van der Waals surface area contributed by atoms with E-state index in [4.69, 9.17) is 4.74 Å². The van der Waals surface area contributed by atoms with Crippen LogP contribution in [0.1, 0.15) is 23.2 Å². The second-order valence-corrected chi connectivity index (χ2v) is 8.04. The second kappa shape index (κ2) is 7.17. The summed E-state index contributed by atoms with van der Waals surface area (Å²) in [6.45, 7) is 8.28. The Balaban J connectivity index is 1.33. The molecule has 3 fully saturated rings. The maximum Gasteiger partial charge on any atom is 0.255 e. The average molecular weight is 368 g/mol. The van der Waals surface area contributed by atoms with Gasteiger partial charge in [0, 0.05) is 57.5 Å². The van der Waals surface area contributed by atoms with Crippen molar-refractivity contribution in [1.82, 2.24) is 14.2 Å². The monoisotopic (exact) mass is 368 g/mol. The Bertz CT molecular complexity index is 815. The smallest absolute Gasteiger partial charge is 0.255 e. The number of hydrogen-bond donors (Lipinski definition) is 0. The van der Waals surface area contributed by atoms with Crippen molar-refractivity contribution >= 4 is 17.2 Å². The number of carbonyl (C=O) groups excluding carboxylic acids is 1. The number of aromatic nitrogens is 1. The van der Waals surface area contributed by atoms with Crippen LogP contribution in [0.5, 0.6) is 0 Å². The van der Waals surface area contributed by atoms with Crippen molar-refractivity contribution in [3.63, 3.8) is 0 Å². The van der Waals surface area contributed by atoms with Gasteiger partial charge in [-0.25, -0.2) is 0 Å². The molecule has 0 N–H and O–H groups in total. The first kappa shape index (κ1) is 17.1. The van der Waals surface area contributed by atoms with Crippen LogP contribution >= 0.6 is 0 Å². The van der Waals surface area contributed by atoms with Crippen LogP contribution in [0.15, 0.2) is 30.5 Å². The van der Waals surface area contributed by atoms with Crippen molar-refractivity contribution in [3.05, 3.63) is 36.0 Å². The molecule has 5 rings (SSSR count). The minimum absolute atomic E-state index is 0.106. The first-order chi connectivity index (χ1) is 13.3. The number of amides is 1. The highest BCUT2D eigenvalue weighted by molar-refractivity contribution is 5.94. The van der Waals surface area contributed by atoms with Crippen LogP contribution in [0, 0.1) is 5.92 Å². The number of hydrogen-bond acceptors (Lipinski definition) is 4. The molecule has 2 aromatic rings. The molecule has 2 aliphatic heterocycles. The van der Waals surface area contributed by atoms with E-state index < -0.39 is 0 Å². The molecular formula is C21H28N4O2. The van der Waals surface area contributed by atoms with Gasteiger partial charge in [0.25, 0.3) is 5.91 Å². The van der Waals surface area contributed by atoms with E-state index in [9.17, 15) is 4.79 Å². The molecule has 6 nitrogen and oxygen atoms in total. The minimum atomic E-state index is 0.106. The van der Waals surface area contributed by atoms with Crippen molar-refractivity contribution < 1.29 is 9.53 Å². The van der Waals surface area contributed by atoms with E-state index in [1.54, 1.807) is 0 Å². The summed E-state index contributed by atoms with van der Waals surface area (Å²) in [5.74, 6) is 2.27. The summed E-state index contributed by atoms with van der Waals surface area (Å²) in [6.07, 6.45) is 4.85. The Morgan fingerprint density at radius 3 is 2.44 bits per heavy atom. The van der Waals surface area contributed by atoms with Gasteiger partial charge in [-0.1, -0.05) is 0 Å². The number of rotatable bonds is 4. The van der Waals surface area contributed by atoms with E-state index in [0.29, 0.717) is 26.3 Å². The lowest BCUT2D eigenvalue weighted by molar-refractivity contribution is 0.0302. The number of nitrogens with zero attached hydrogens (tertiary/aromatic N) is 4. The predicted octanol–water partition coefficient (Wildman–Crippen LogP) is 1.94. The van der Waals surface area contributed by atoms with Gasteiger partial charge in [-0.15, -0.1) is 0 Å². The average Bonchev–Trinajstić information content (AvgIpc) is 3.44. The molecule has 144 valence electrons. The lowest BCUT2D eigenvalue weighted by atomic mass is 10.2. The van der Waals surface area contributed by atoms with E-state index in [1.807, 2.05) is 17.2 Å². The molecule has 6 heteroatoms. The van der Waals surface area contributed by atoms with Crippen molar-refractivity contribution in [2.45, 2.75) is 12.8 Å². The van der Waals surface area contributed by atoms with Gasteiger partial charge >= 0.3 is 0 Å². The molecule has 0 unspecified atom stereocenters. The number of piperazine rings is 1. The normalized spacial score (nSPS) is 21.8. The fourth-order valence-electron chi connectivity index (χ4n) is 4.25. The van der Waals surface area contributed by atoms with Crippen LogP contribution in [-0.4, -0.2) is 79.1 Å². The molecule has 2 aromatic heterocycles. The molecule has 1 saturated carbocycles. The van der Waals surface area contributed by atoms with E-state index in [-0.39, 0.29) is 5.91 Å². The zero-order valence-corrected chi connectivity index (χ0v) is 15.8. The maximum atomic E-state index is 12.8. The van der Waals surface area contributed by atoms with E-state index >= 15 is 0 Å². The van der Waals surface area contributed by atoms with Crippen LogP contribution in [0.2, 0.25) is 0 Å². The van der Waals surface area contributed by atoms with Gasteiger partial charge < -0.3 is 18.9 Å². The van der Waals surface area contributed by atoms with Gasteiger partial charge in [0.15, 0.2) is 0 Å². The molecule has 27 heavy (non-hydrogen) atoms. The number of pyridine rings is 1. The summed E-state index contributed by atoms with van der Waals surface area (Å²) in [4.78, 5) is 19.8. The Labute approximate surface area is 160 Å². The molecule has 0 bridgehead atoms. The number of carbonyl (C=O) groups is 1. The van der Waals surface area contributed by atoms with Crippen molar-refractivity contribution in [2.24, 2.45) is 5.92 Å². The predicted molar refractivity (Wildman–Crippen MR) is 105 cm³/mol. The third kappa shape index (κ3) is 3.56. The first-order valence-electron chi connectivity index (χ1n) is 10.2. The SMILES string of the molecule is O=C(c1ccc2ccc(N3CCN(CC4CC4)CC3)n2c1)N1CCOCC1. The summed E-state index contributed by atoms with van der Waals surface area (Å²) in [7, 11) is 0. The van der Waals surface area contributed by atoms with Crippen molar-refractivity contribution in [2.75, 3.05) is 63.9 Å². The first-order valence-corrected chi connectivity index (χ1v) is 10.2. The van der Waals surface area contributed by atoms with Crippen LogP contribution in [0.25, 0.3) is 5.52 Å². The highest BCUT2D eigenvalue weighted by Crippen LogP contribution is 2.30. The van der Waals surface area contributed by atoms with Crippen LogP contribution in [0.3, 0.4) is 0 Å². The molecule has 2 saturated heterocycles. The van der Waals surface area contributed by atoms with Gasteiger partial charge in [0.05, 0.1) is 18.8 Å². The van der Waals surface area contributed by atoms with Gasteiger partial charge in [0.2, 0.25) is 0 Å². The largest absolute Gasteiger partial charge is 0.378 e. The molecule has 4 heterocycles. The third-order valence-electron chi connectivity index (χ3n) is 6.08. The van der Waals surface area contributed by atoms with Crippen molar-refractivity contribution in [3.8, 4) is 0 Å². The number of anilines is 1. The molecular weight excluding hydrogens is 340 g/mol. The van der Waals surface area contributed by atoms with Crippen LogP contribution in [0.4, 0.5) is 5.82 Å². The second-order valence-electron chi connectivity index (χ2n) is 8.04. The Kier molecular flexibility index (Phi) is 4.53. The standard InChI is InChI=1S/C21H28N4O2/c26-21(24-11-13-27-14-12-24)18-3-4-19-5-6-20(25(19)16-18)23-9-7-22(8-10-23)15-17-1-2-17/h3-6,16-17H,1-2,7-15H2. The fraction of sp³-hybridized carbons (Fsp3) is 0.571. The van der Waals surface area contributed by atoms with Crippen LogP contribution < -0.4 is 4.90 Å². The zero-order valence-electron chi connectivity index (χ0n) is 15.8. The quantitative estimate of drug-likeness (QED) is 0.827. The number of morpholine rings is 1. The van der Waals surface area contributed by atoms with Gasteiger partial charge in [-0.05, 0) is 43.0 Å². The zero-order chi connectivity index (χ0) is 18.2. The van der Waals surface area contributed by atoms with E-state index in [1.165, 1.54) is 25.2 Å². The lowest BCUT2D eigenvalue weighted by Crippen LogP contribution is -2.47. The van der Waals surface area contributed by atoms with Gasteiger partial charge in [0.1, 0.15) is 5.82 Å². The molecule has 0 spiro atoms. The summed E-state index contributed by atoms with van der Waals surface area (Å²) >= 11 is 0. The Hall–Kier alpha value is -2.05. The molecule has 0 aromatic carbocycles. The third-order valence-corrected chi connectivity index (χ3v) is 6.08. The molecule has 0 atom stereocenters. The maximum absolute atomic E-state index is 12.8. The topological polar surface area (TPSA) is 40.4 Å². The summed E-state index contributed by atoms with van der Waals surface area (Å²) in [5.41, 5.74) is 1.90. The molecule has 1 aliphatic carbocycles. The summed E-state index contributed by atoms with van der Waals surface area (Å²) < 4.78 is 7.55.